The van der Waals surface area contributed by atoms with Gasteiger partial charge in [-0.2, -0.15) is 0 Å². The number of methoxy groups -OCH3 is 1. The zero-order chi connectivity index (χ0) is 15.5. The lowest BCUT2D eigenvalue weighted by Crippen LogP contribution is -2.15. The number of allylic oxidation sites excluding steroid dienone is 1. The largest absolute Gasteiger partial charge is 0.497 e. The van der Waals surface area contributed by atoms with Gasteiger partial charge in [0.1, 0.15) is 5.75 Å². The Hall–Kier alpha value is -1.82. The van der Waals surface area contributed by atoms with E-state index in [2.05, 4.69) is 27.9 Å². The van der Waals surface area contributed by atoms with Crippen LogP contribution in [-0.4, -0.2) is 12.9 Å². The van der Waals surface area contributed by atoms with Crippen molar-refractivity contribution in [2.75, 3.05) is 12.4 Å². The summed E-state index contributed by atoms with van der Waals surface area (Å²) in [7, 11) is 1.64. The molecule has 112 valence electrons. The highest BCUT2D eigenvalue weighted by molar-refractivity contribution is 14.1. The first kappa shape index (κ1) is 15.1. The lowest BCUT2D eigenvalue weighted by molar-refractivity contribution is 0.102. The number of hydrogen-bond acceptors (Lipinski definition) is 3. The molecule has 0 saturated heterocycles. The van der Waals surface area contributed by atoms with Crippen molar-refractivity contribution in [1.82, 2.24) is 0 Å². The lowest BCUT2D eigenvalue weighted by Gasteiger charge is -2.18. The molecular weight excluding hydrogens is 389 g/mol. The van der Waals surface area contributed by atoms with Crippen molar-refractivity contribution >= 4 is 34.1 Å². The summed E-state index contributed by atoms with van der Waals surface area (Å²) in [6, 6.07) is 13.7. The van der Waals surface area contributed by atoms with Gasteiger partial charge in [-0.05, 0) is 71.3 Å². The highest BCUT2D eigenvalue weighted by Crippen LogP contribution is 2.28. The number of halogens is 1. The Morgan fingerprint density at radius 2 is 2.00 bits per heavy atom. The summed E-state index contributed by atoms with van der Waals surface area (Å²) in [5.74, 6) is 0.901. The molecule has 1 aliphatic carbocycles. The third-order valence-corrected chi connectivity index (χ3v) is 4.73. The fourth-order valence-electron chi connectivity index (χ4n) is 2.56. The molecule has 0 heterocycles. The first-order valence-electron chi connectivity index (χ1n) is 7.11. The number of carbonyl (C=O) groups is 1. The zero-order valence-electron chi connectivity index (χ0n) is 12.2. The highest BCUT2D eigenvalue weighted by Gasteiger charge is 2.22. The molecule has 0 aliphatic heterocycles. The molecule has 0 atom stereocenters. The van der Waals surface area contributed by atoms with Crippen molar-refractivity contribution < 1.29 is 9.53 Å². The number of fused-ring (bicyclic) bond motifs is 1. The molecule has 0 amide bonds. The molecular formula is C18H16INO2. The summed E-state index contributed by atoms with van der Waals surface area (Å²) >= 11 is 2.28. The van der Waals surface area contributed by atoms with Gasteiger partial charge in [0.25, 0.3) is 0 Å². The van der Waals surface area contributed by atoms with E-state index in [1.807, 2.05) is 48.7 Å². The van der Waals surface area contributed by atoms with E-state index in [0.29, 0.717) is 0 Å². The Bertz CT molecular complexity index is 753. The number of hydrogen-bond donors (Lipinski definition) is 1. The van der Waals surface area contributed by atoms with Crippen LogP contribution in [0.2, 0.25) is 0 Å². The fraction of sp³-hybridized carbons (Fsp3) is 0.167. The quantitative estimate of drug-likeness (QED) is 0.607. The van der Waals surface area contributed by atoms with Crippen molar-refractivity contribution in [3.8, 4) is 5.75 Å². The van der Waals surface area contributed by atoms with E-state index in [4.69, 9.17) is 4.74 Å². The maximum atomic E-state index is 12.6. The molecule has 3 rings (SSSR count). The Morgan fingerprint density at radius 1 is 1.18 bits per heavy atom. The summed E-state index contributed by atoms with van der Waals surface area (Å²) in [6.07, 6.45) is 3.44. The first-order chi connectivity index (χ1) is 10.7. The van der Waals surface area contributed by atoms with Crippen LogP contribution in [0.5, 0.6) is 5.75 Å². The summed E-state index contributed by atoms with van der Waals surface area (Å²) in [4.78, 5) is 12.6. The molecule has 2 aromatic rings. The summed E-state index contributed by atoms with van der Waals surface area (Å²) in [6.45, 7) is 0. The third-order valence-electron chi connectivity index (χ3n) is 3.79. The number of anilines is 1. The predicted octanol–water partition coefficient (Wildman–Crippen LogP) is 4.42. The number of para-hydroxylation sites is 1. The van der Waals surface area contributed by atoms with Crippen molar-refractivity contribution in [2.24, 2.45) is 0 Å². The molecule has 0 unspecified atom stereocenters. The van der Waals surface area contributed by atoms with Gasteiger partial charge in [-0.15, -0.1) is 0 Å². The molecule has 2 aromatic carbocycles. The van der Waals surface area contributed by atoms with Gasteiger partial charge in [0, 0.05) is 20.9 Å². The molecule has 0 saturated carbocycles. The number of Topliss-reactive ketones (excluding diaryl/α,β-unsaturated/α-hetero) is 1. The average molecular weight is 405 g/mol. The van der Waals surface area contributed by atoms with Crippen LogP contribution in [0.3, 0.4) is 0 Å². The number of ether oxygens (including phenoxy) is 1. The van der Waals surface area contributed by atoms with E-state index in [-0.39, 0.29) is 5.78 Å². The van der Waals surface area contributed by atoms with Gasteiger partial charge in [0.2, 0.25) is 0 Å². The highest BCUT2D eigenvalue weighted by atomic mass is 127. The summed E-state index contributed by atoms with van der Waals surface area (Å²) in [5, 5.41) is 3.25. The van der Waals surface area contributed by atoms with Crippen molar-refractivity contribution in [3.63, 3.8) is 0 Å². The van der Waals surface area contributed by atoms with Crippen LogP contribution in [0, 0.1) is 3.57 Å². The smallest absolute Gasteiger partial charge is 0.190 e. The number of ketones is 1. The number of aryl methyl sites for hydroxylation is 1. The maximum Gasteiger partial charge on any atom is 0.190 e. The second-order valence-corrected chi connectivity index (χ2v) is 6.31. The predicted molar refractivity (Wildman–Crippen MR) is 96.5 cm³/mol. The van der Waals surface area contributed by atoms with Crippen LogP contribution in [0.1, 0.15) is 22.3 Å². The molecule has 0 radical (unpaired) electrons. The van der Waals surface area contributed by atoms with Gasteiger partial charge in [-0.25, -0.2) is 0 Å². The summed E-state index contributed by atoms with van der Waals surface area (Å²) in [5.41, 5.74) is 3.68. The van der Waals surface area contributed by atoms with Crippen molar-refractivity contribution in [3.05, 3.63) is 68.9 Å². The van der Waals surface area contributed by atoms with E-state index < -0.39 is 0 Å². The minimum Gasteiger partial charge on any atom is -0.497 e. The van der Waals surface area contributed by atoms with Gasteiger partial charge >= 0.3 is 0 Å². The molecule has 0 spiro atoms. The zero-order valence-corrected chi connectivity index (χ0v) is 14.4. The lowest BCUT2D eigenvalue weighted by atomic mass is 9.87. The van der Waals surface area contributed by atoms with Gasteiger partial charge < -0.3 is 10.1 Å². The normalized spacial score (nSPS) is 15.5. The number of nitrogens with one attached hydrogen (secondary N) is 1. The minimum absolute atomic E-state index is 0.0994. The molecule has 3 nitrogen and oxygen atoms in total. The third kappa shape index (κ3) is 3.02. The van der Waals surface area contributed by atoms with Crippen molar-refractivity contribution in [2.45, 2.75) is 12.8 Å². The average Bonchev–Trinajstić information content (AvgIpc) is 2.55. The first-order valence-corrected chi connectivity index (χ1v) is 8.18. The maximum absolute atomic E-state index is 12.6. The molecule has 4 heteroatoms. The second-order valence-electron chi connectivity index (χ2n) is 5.15. The number of carbonyl (C=O) groups excluding carboxylic acids is 1. The van der Waals surface area contributed by atoms with Crippen LogP contribution in [0.4, 0.5) is 5.69 Å². The van der Waals surface area contributed by atoms with Gasteiger partial charge in [-0.1, -0.05) is 12.1 Å². The Balaban J connectivity index is 1.83. The molecule has 0 aromatic heterocycles. The van der Waals surface area contributed by atoms with E-state index in [0.717, 1.165) is 44.5 Å². The minimum atomic E-state index is 0.0994. The Kier molecular flexibility index (Phi) is 4.47. The van der Waals surface area contributed by atoms with Crippen LogP contribution in [-0.2, 0) is 6.42 Å². The van der Waals surface area contributed by atoms with Gasteiger partial charge in [-0.3, -0.25) is 4.79 Å². The summed E-state index contributed by atoms with van der Waals surface area (Å²) < 4.78 is 6.35. The SMILES string of the molecule is COc1ccc2c(c1)CCC(=CNc1ccccc1I)C2=O. The monoisotopic (exact) mass is 405 g/mol. The fourth-order valence-corrected chi connectivity index (χ4v) is 3.11. The molecule has 1 N–H and O–H groups in total. The van der Waals surface area contributed by atoms with Gasteiger partial charge in [0.05, 0.1) is 12.8 Å². The molecule has 1 aliphatic rings. The second kappa shape index (κ2) is 6.52. The number of rotatable bonds is 3. The number of benzene rings is 2. The van der Waals surface area contributed by atoms with Crippen LogP contribution in [0.15, 0.2) is 54.2 Å². The van der Waals surface area contributed by atoms with E-state index in [1.165, 1.54) is 0 Å². The van der Waals surface area contributed by atoms with Crippen LogP contribution < -0.4 is 10.1 Å². The van der Waals surface area contributed by atoms with Crippen LogP contribution >= 0.6 is 22.6 Å². The van der Waals surface area contributed by atoms with E-state index in [9.17, 15) is 4.79 Å². The molecule has 0 fully saturated rings. The van der Waals surface area contributed by atoms with E-state index >= 15 is 0 Å². The molecule has 0 bridgehead atoms. The van der Waals surface area contributed by atoms with Crippen molar-refractivity contribution in [1.29, 1.82) is 0 Å². The molecule has 22 heavy (non-hydrogen) atoms. The van der Waals surface area contributed by atoms with Gasteiger partial charge in [0.15, 0.2) is 5.78 Å². The standard InChI is InChI=1S/C18H16INO2/c1-22-14-8-9-15-12(10-14)6-7-13(18(15)21)11-20-17-5-3-2-4-16(17)19/h2-5,8-11,20H,6-7H2,1H3. The Morgan fingerprint density at radius 3 is 2.77 bits per heavy atom. The topological polar surface area (TPSA) is 38.3 Å². The Labute approximate surface area is 143 Å². The van der Waals surface area contributed by atoms with E-state index in [1.54, 1.807) is 7.11 Å². The van der Waals surface area contributed by atoms with Crippen LogP contribution in [0.25, 0.3) is 0 Å².